The molecule has 9 heteroatoms. The minimum atomic E-state index is -4.24. The van der Waals surface area contributed by atoms with Crippen LogP contribution in [0.5, 0.6) is 0 Å². The highest BCUT2D eigenvalue weighted by atomic mass is 31.2. The topological polar surface area (TPSA) is 117 Å². The van der Waals surface area contributed by atoms with Gasteiger partial charge in [-0.1, -0.05) is 136 Å². The average molecular weight is 594 g/mol. The summed E-state index contributed by atoms with van der Waals surface area (Å²) in [6.07, 6.45) is 26.2. The summed E-state index contributed by atoms with van der Waals surface area (Å²) in [5, 5.41) is 0. The Morgan fingerprint density at radius 1 is 0.650 bits per heavy atom. The van der Waals surface area contributed by atoms with Crippen LogP contribution in [0.25, 0.3) is 0 Å². The number of unbranched alkanes of at least 4 members (excludes halogenated alkanes) is 19. The van der Waals surface area contributed by atoms with Gasteiger partial charge >= 0.3 is 13.8 Å². The quantitative estimate of drug-likeness (QED) is 0.0452. The highest BCUT2D eigenvalue weighted by Crippen LogP contribution is 2.43. The van der Waals surface area contributed by atoms with E-state index in [0.29, 0.717) is 13.0 Å². The summed E-state index contributed by atoms with van der Waals surface area (Å²) in [7, 11) is -4.24. The van der Waals surface area contributed by atoms with Crippen molar-refractivity contribution in [1.29, 1.82) is 0 Å². The number of carbonyl (C=O) groups excluding carboxylic acids is 1. The molecule has 0 bridgehead atoms. The molecule has 0 heterocycles. The van der Waals surface area contributed by atoms with Gasteiger partial charge in [0.15, 0.2) is 0 Å². The Labute approximate surface area is 246 Å². The second kappa shape index (κ2) is 30.0. The summed E-state index contributed by atoms with van der Waals surface area (Å²) in [5.41, 5.74) is 5.30. The summed E-state index contributed by atoms with van der Waals surface area (Å²) < 4.78 is 32.8. The van der Waals surface area contributed by atoms with Crippen LogP contribution in [0.2, 0.25) is 0 Å². The van der Waals surface area contributed by atoms with E-state index in [1.807, 2.05) is 0 Å². The Morgan fingerprint density at radius 2 is 1.10 bits per heavy atom. The largest absolute Gasteiger partial charge is 0.472 e. The van der Waals surface area contributed by atoms with Crippen LogP contribution in [-0.2, 0) is 27.9 Å². The molecule has 8 nitrogen and oxygen atoms in total. The van der Waals surface area contributed by atoms with Crippen LogP contribution >= 0.6 is 7.82 Å². The van der Waals surface area contributed by atoms with Crippen LogP contribution in [-0.4, -0.2) is 49.9 Å². The molecule has 0 fully saturated rings. The molecule has 2 atom stereocenters. The van der Waals surface area contributed by atoms with Gasteiger partial charge in [0, 0.05) is 19.6 Å². The van der Waals surface area contributed by atoms with Crippen molar-refractivity contribution in [2.45, 2.75) is 161 Å². The van der Waals surface area contributed by atoms with E-state index in [2.05, 4.69) is 13.8 Å². The highest BCUT2D eigenvalue weighted by molar-refractivity contribution is 7.47. The molecule has 0 aromatic carbocycles. The fourth-order valence-corrected chi connectivity index (χ4v) is 5.35. The van der Waals surface area contributed by atoms with Crippen LogP contribution in [0.15, 0.2) is 0 Å². The predicted molar refractivity (Wildman–Crippen MR) is 164 cm³/mol. The lowest BCUT2D eigenvalue weighted by Crippen LogP contribution is -2.28. The minimum Gasteiger partial charge on any atom is -0.457 e. The molecule has 0 aliphatic heterocycles. The van der Waals surface area contributed by atoms with E-state index in [9.17, 15) is 14.3 Å². The maximum absolute atomic E-state index is 12.1. The molecule has 2 unspecified atom stereocenters. The standard InChI is InChI=1S/C31H64NO7P/c1-3-5-7-8-9-10-11-12-13-14-15-16-17-18-19-20-21-23-26-36-28-30(39-31(33)24-22-6-4-2)29-38-40(34,35)37-27-25-32/h30H,3-29,32H2,1-2H3,(H,34,35). The van der Waals surface area contributed by atoms with Gasteiger partial charge in [-0.05, 0) is 12.8 Å². The minimum absolute atomic E-state index is 0.0922. The molecule has 0 saturated heterocycles. The number of phosphoric acid groups is 1. The van der Waals surface area contributed by atoms with E-state index in [1.165, 1.54) is 103 Å². The van der Waals surface area contributed by atoms with Crippen molar-refractivity contribution in [2.24, 2.45) is 5.73 Å². The van der Waals surface area contributed by atoms with Gasteiger partial charge in [0.2, 0.25) is 0 Å². The van der Waals surface area contributed by atoms with E-state index in [0.717, 1.165) is 32.1 Å². The molecule has 0 radical (unpaired) electrons. The SMILES string of the molecule is CCCCCCCCCCCCCCCCCCCCOCC(COP(=O)(O)OCCN)OC(=O)CCCCC. The van der Waals surface area contributed by atoms with Gasteiger partial charge in [0.1, 0.15) is 6.10 Å². The van der Waals surface area contributed by atoms with Crippen LogP contribution in [0.4, 0.5) is 0 Å². The zero-order chi connectivity index (χ0) is 29.6. The second-order valence-electron chi connectivity index (χ2n) is 11.0. The predicted octanol–water partition coefficient (Wildman–Crippen LogP) is 8.63. The number of ether oxygens (including phenoxy) is 2. The van der Waals surface area contributed by atoms with E-state index in [-0.39, 0.29) is 32.3 Å². The van der Waals surface area contributed by atoms with Crippen molar-refractivity contribution in [3.8, 4) is 0 Å². The van der Waals surface area contributed by atoms with Crippen molar-refractivity contribution in [2.75, 3.05) is 33.0 Å². The first-order valence-corrected chi connectivity index (χ1v) is 18.0. The first-order chi connectivity index (χ1) is 19.4. The number of phosphoric ester groups is 1. The molecule has 240 valence electrons. The number of carbonyl (C=O) groups is 1. The van der Waals surface area contributed by atoms with E-state index < -0.39 is 13.9 Å². The Kier molecular flexibility index (Phi) is 29.6. The van der Waals surface area contributed by atoms with Crippen molar-refractivity contribution < 1.29 is 32.8 Å². The van der Waals surface area contributed by atoms with Crippen LogP contribution < -0.4 is 5.73 Å². The van der Waals surface area contributed by atoms with Gasteiger partial charge in [-0.3, -0.25) is 13.8 Å². The van der Waals surface area contributed by atoms with Crippen molar-refractivity contribution in [3.63, 3.8) is 0 Å². The molecular weight excluding hydrogens is 529 g/mol. The zero-order valence-electron chi connectivity index (χ0n) is 26.1. The number of rotatable bonds is 32. The first kappa shape index (κ1) is 39.5. The number of nitrogens with two attached hydrogens (primary N) is 1. The smallest absolute Gasteiger partial charge is 0.457 e. The molecule has 0 aliphatic carbocycles. The summed E-state index contributed by atoms with van der Waals surface area (Å²) in [5.74, 6) is -0.352. The molecule has 0 spiro atoms. The summed E-state index contributed by atoms with van der Waals surface area (Å²) in [6, 6.07) is 0. The number of hydrogen-bond acceptors (Lipinski definition) is 7. The van der Waals surface area contributed by atoms with Crippen LogP contribution in [0, 0.1) is 0 Å². The summed E-state index contributed by atoms with van der Waals surface area (Å²) in [6.45, 7) is 4.76. The van der Waals surface area contributed by atoms with Crippen molar-refractivity contribution in [3.05, 3.63) is 0 Å². The maximum Gasteiger partial charge on any atom is 0.472 e. The molecule has 0 aromatic rings. The molecule has 3 N–H and O–H groups in total. The third-order valence-corrected chi connectivity index (χ3v) is 8.01. The monoisotopic (exact) mass is 593 g/mol. The van der Waals surface area contributed by atoms with Gasteiger partial charge in [0.25, 0.3) is 0 Å². The van der Waals surface area contributed by atoms with Gasteiger partial charge in [-0.15, -0.1) is 0 Å². The third kappa shape index (κ3) is 29.0. The summed E-state index contributed by atoms with van der Waals surface area (Å²) >= 11 is 0. The van der Waals surface area contributed by atoms with Gasteiger partial charge < -0.3 is 20.1 Å². The van der Waals surface area contributed by atoms with Crippen LogP contribution in [0.1, 0.15) is 155 Å². The first-order valence-electron chi connectivity index (χ1n) is 16.5. The van der Waals surface area contributed by atoms with Gasteiger partial charge in [-0.25, -0.2) is 4.57 Å². The molecule has 0 aliphatic rings. The molecule has 0 rings (SSSR count). The number of hydrogen-bond donors (Lipinski definition) is 2. The number of esters is 1. The fourth-order valence-electron chi connectivity index (χ4n) is 4.58. The Morgan fingerprint density at radius 3 is 1.57 bits per heavy atom. The third-order valence-electron chi connectivity index (χ3n) is 7.02. The lowest BCUT2D eigenvalue weighted by atomic mass is 10.0. The zero-order valence-corrected chi connectivity index (χ0v) is 27.0. The molecule has 40 heavy (non-hydrogen) atoms. The second-order valence-corrected chi connectivity index (χ2v) is 12.5. The van der Waals surface area contributed by atoms with Crippen LogP contribution in [0.3, 0.4) is 0 Å². The lowest BCUT2D eigenvalue weighted by Gasteiger charge is -2.20. The molecular formula is C31H64NO7P. The molecule has 0 saturated carbocycles. The average Bonchev–Trinajstić information content (AvgIpc) is 2.93. The Hall–Kier alpha value is -0.500. The van der Waals surface area contributed by atoms with E-state index in [4.69, 9.17) is 24.3 Å². The van der Waals surface area contributed by atoms with E-state index in [1.54, 1.807) is 0 Å². The highest BCUT2D eigenvalue weighted by Gasteiger charge is 2.25. The Balaban J connectivity index is 3.79. The molecule has 0 amide bonds. The Bertz CT molecular complexity index is 594. The normalized spacial score (nSPS) is 13.8. The fraction of sp³-hybridized carbons (Fsp3) is 0.968. The molecule has 0 aromatic heterocycles. The van der Waals surface area contributed by atoms with Gasteiger partial charge in [-0.2, -0.15) is 0 Å². The van der Waals surface area contributed by atoms with E-state index >= 15 is 0 Å². The maximum atomic E-state index is 12.1. The lowest BCUT2D eigenvalue weighted by molar-refractivity contribution is -0.154. The van der Waals surface area contributed by atoms with Gasteiger partial charge in [0.05, 0.1) is 19.8 Å². The van der Waals surface area contributed by atoms with Crippen molar-refractivity contribution >= 4 is 13.8 Å². The summed E-state index contributed by atoms with van der Waals surface area (Å²) in [4.78, 5) is 21.8. The van der Waals surface area contributed by atoms with Crippen molar-refractivity contribution in [1.82, 2.24) is 0 Å².